The first-order valence-electron chi connectivity index (χ1n) is 12.8. The molecule has 2 aliphatic rings. The lowest BCUT2D eigenvalue weighted by Gasteiger charge is -2.33. The molecule has 0 aromatic heterocycles. The molecule has 2 N–H and O–H groups in total. The lowest BCUT2D eigenvalue weighted by molar-refractivity contribution is 0.0779. The van der Waals surface area contributed by atoms with Crippen molar-refractivity contribution in [1.82, 2.24) is 4.90 Å². The van der Waals surface area contributed by atoms with Gasteiger partial charge in [-0.25, -0.2) is 0 Å². The minimum atomic E-state index is -0.506. The van der Waals surface area contributed by atoms with Crippen molar-refractivity contribution < 1.29 is 19.7 Å². The number of carbonyl (C=O) groups is 1. The van der Waals surface area contributed by atoms with Gasteiger partial charge in [0, 0.05) is 12.1 Å². The summed E-state index contributed by atoms with van der Waals surface area (Å²) in [4.78, 5) is 14.9. The first-order valence-corrected chi connectivity index (χ1v) is 12.8. The SMILES string of the molecule is CC(C)=CCC/C(C)=C/CCC1(C)C=Cc2c(O)cc3c(c2O1)CN(CCc1ccc(O)cc1)C3=O. The predicted octanol–water partition coefficient (Wildman–Crippen LogP) is 6.93. The van der Waals surface area contributed by atoms with Crippen LogP contribution in [0.25, 0.3) is 6.08 Å². The summed E-state index contributed by atoms with van der Waals surface area (Å²) >= 11 is 0. The van der Waals surface area contributed by atoms with Crippen LogP contribution < -0.4 is 4.74 Å². The molecular weight excluding hydrogens is 450 g/mol. The fourth-order valence-corrected chi connectivity index (χ4v) is 4.83. The van der Waals surface area contributed by atoms with Crippen LogP contribution in [0.5, 0.6) is 17.2 Å². The van der Waals surface area contributed by atoms with Gasteiger partial charge in [-0.3, -0.25) is 4.79 Å². The molecule has 2 aromatic rings. The Labute approximate surface area is 214 Å². The van der Waals surface area contributed by atoms with Crippen molar-refractivity contribution in [3.8, 4) is 17.2 Å². The number of allylic oxidation sites excluding steroid dienone is 4. The van der Waals surface area contributed by atoms with Gasteiger partial charge in [-0.15, -0.1) is 0 Å². The third-order valence-electron chi connectivity index (χ3n) is 7.04. The predicted molar refractivity (Wildman–Crippen MR) is 144 cm³/mol. The van der Waals surface area contributed by atoms with Gasteiger partial charge in [0.2, 0.25) is 0 Å². The highest BCUT2D eigenvalue weighted by atomic mass is 16.5. The normalized spacial score (nSPS) is 18.6. The fourth-order valence-electron chi connectivity index (χ4n) is 4.83. The molecule has 0 fully saturated rings. The van der Waals surface area contributed by atoms with Gasteiger partial charge < -0.3 is 19.8 Å². The summed E-state index contributed by atoms with van der Waals surface area (Å²) in [5, 5.41) is 20.2. The molecule has 0 radical (unpaired) electrons. The molecule has 2 heterocycles. The Morgan fingerprint density at radius 2 is 1.86 bits per heavy atom. The summed E-state index contributed by atoms with van der Waals surface area (Å²) in [6.07, 6.45) is 13.0. The zero-order chi connectivity index (χ0) is 25.9. The van der Waals surface area contributed by atoms with Crippen molar-refractivity contribution in [2.75, 3.05) is 6.54 Å². The molecular formula is C31H37NO4. The van der Waals surface area contributed by atoms with Gasteiger partial charge >= 0.3 is 0 Å². The van der Waals surface area contributed by atoms with E-state index in [9.17, 15) is 15.0 Å². The molecule has 2 aliphatic heterocycles. The Bertz CT molecular complexity index is 1220. The van der Waals surface area contributed by atoms with Crippen molar-refractivity contribution in [2.45, 2.75) is 71.9 Å². The Morgan fingerprint density at radius 3 is 2.58 bits per heavy atom. The highest BCUT2D eigenvalue weighted by molar-refractivity contribution is 6.00. The molecule has 1 amide bonds. The average Bonchev–Trinajstić information content (AvgIpc) is 3.14. The van der Waals surface area contributed by atoms with Gasteiger partial charge in [-0.05, 0) is 95.7 Å². The van der Waals surface area contributed by atoms with Gasteiger partial charge in [-0.2, -0.15) is 0 Å². The molecule has 1 unspecified atom stereocenters. The van der Waals surface area contributed by atoms with E-state index < -0.39 is 5.60 Å². The number of hydrogen-bond donors (Lipinski definition) is 2. The lowest BCUT2D eigenvalue weighted by atomic mass is 9.92. The van der Waals surface area contributed by atoms with Crippen molar-refractivity contribution >= 4 is 12.0 Å². The van der Waals surface area contributed by atoms with Crippen molar-refractivity contribution in [3.05, 3.63) is 82.0 Å². The smallest absolute Gasteiger partial charge is 0.254 e. The summed E-state index contributed by atoms with van der Waals surface area (Å²) in [6, 6.07) is 8.63. The average molecular weight is 488 g/mol. The molecule has 4 rings (SSSR count). The van der Waals surface area contributed by atoms with Crippen LogP contribution in [-0.2, 0) is 13.0 Å². The van der Waals surface area contributed by atoms with Crippen LogP contribution in [0.4, 0.5) is 0 Å². The van der Waals surface area contributed by atoms with Crippen LogP contribution in [0, 0.1) is 0 Å². The number of phenols is 2. The third kappa shape index (κ3) is 5.84. The maximum absolute atomic E-state index is 13.1. The Kier molecular flexibility index (Phi) is 7.58. The number of fused-ring (bicyclic) bond motifs is 3. The quantitative estimate of drug-likeness (QED) is 0.376. The van der Waals surface area contributed by atoms with Gasteiger partial charge in [0.25, 0.3) is 5.91 Å². The summed E-state index contributed by atoms with van der Waals surface area (Å²) in [6.45, 7) is 9.51. The van der Waals surface area contributed by atoms with Crippen LogP contribution in [0.2, 0.25) is 0 Å². The summed E-state index contributed by atoms with van der Waals surface area (Å²) < 4.78 is 6.52. The second-order valence-electron chi connectivity index (χ2n) is 10.5. The number of phenolic OH excluding ortho intramolecular Hbond substituents is 2. The summed E-state index contributed by atoms with van der Waals surface area (Å²) in [5.41, 5.74) is 5.29. The van der Waals surface area contributed by atoms with Crippen LogP contribution >= 0.6 is 0 Å². The van der Waals surface area contributed by atoms with E-state index in [1.807, 2.05) is 24.3 Å². The maximum Gasteiger partial charge on any atom is 0.254 e. The van der Waals surface area contributed by atoms with Gasteiger partial charge in [0.05, 0.1) is 17.7 Å². The van der Waals surface area contributed by atoms with E-state index in [-0.39, 0.29) is 17.4 Å². The molecule has 0 saturated heterocycles. The van der Waals surface area contributed by atoms with Crippen LogP contribution in [0.3, 0.4) is 0 Å². The van der Waals surface area contributed by atoms with Crippen LogP contribution in [-0.4, -0.2) is 33.2 Å². The van der Waals surface area contributed by atoms with Crippen LogP contribution in [0.1, 0.15) is 80.4 Å². The summed E-state index contributed by atoms with van der Waals surface area (Å²) in [5.74, 6) is 0.843. The molecule has 5 heteroatoms. The monoisotopic (exact) mass is 487 g/mol. The number of rotatable bonds is 9. The minimum Gasteiger partial charge on any atom is -0.508 e. The van der Waals surface area contributed by atoms with E-state index in [0.717, 1.165) is 36.8 Å². The Hall–Kier alpha value is -3.47. The number of amides is 1. The number of ether oxygens (including phenoxy) is 1. The van der Waals surface area contributed by atoms with E-state index in [2.05, 4.69) is 39.8 Å². The van der Waals surface area contributed by atoms with E-state index in [1.165, 1.54) is 11.1 Å². The number of nitrogens with zero attached hydrogens (tertiary/aromatic N) is 1. The second-order valence-corrected chi connectivity index (χ2v) is 10.5. The molecule has 0 spiro atoms. The molecule has 190 valence electrons. The van der Waals surface area contributed by atoms with E-state index >= 15 is 0 Å². The second kappa shape index (κ2) is 10.7. The van der Waals surface area contributed by atoms with E-state index in [4.69, 9.17) is 4.74 Å². The first-order chi connectivity index (χ1) is 17.1. The largest absolute Gasteiger partial charge is 0.508 e. The molecule has 36 heavy (non-hydrogen) atoms. The van der Waals surface area contributed by atoms with Crippen LogP contribution in [0.15, 0.2) is 59.7 Å². The zero-order valence-corrected chi connectivity index (χ0v) is 21.8. The summed E-state index contributed by atoms with van der Waals surface area (Å²) in [7, 11) is 0. The minimum absolute atomic E-state index is 0.0748. The number of hydrogen-bond acceptors (Lipinski definition) is 4. The highest BCUT2D eigenvalue weighted by Gasteiger charge is 2.36. The van der Waals surface area contributed by atoms with E-state index in [1.54, 1.807) is 23.1 Å². The number of aromatic hydroxyl groups is 2. The lowest BCUT2D eigenvalue weighted by Crippen LogP contribution is -2.32. The molecule has 0 aliphatic carbocycles. The molecule has 1 atom stereocenters. The van der Waals surface area contributed by atoms with Gasteiger partial charge in [0.1, 0.15) is 22.8 Å². The molecule has 2 aromatic carbocycles. The van der Waals surface area contributed by atoms with Crippen molar-refractivity contribution in [3.63, 3.8) is 0 Å². The number of benzene rings is 2. The molecule has 0 saturated carbocycles. The first kappa shape index (κ1) is 25.6. The van der Waals surface area contributed by atoms with Crippen molar-refractivity contribution in [1.29, 1.82) is 0 Å². The topological polar surface area (TPSA) is 70.0 Å². The standard InChI is InChI=1S/C31H37NO4/c1-21(2)7-5-8-22(3)9-6-16-31(4)17-14-25-28(34)19-26-27(29(25)36-31)20-32(30(26)35)18-15-23-10-12-24(33)13-11-23/h7,9-14,17,19,33-34H,5-6,8,15-16,18,20H2,1-4H3/b22-9+. The fraction of sp³-hybridized carbons (Fsp3) is 0.387. The maximum atomic E-state index is 13.1. The van der Waals surface area contributed by atoms with Crippen molar-refractivity contribution in [2.24, 2.45) is 0 Å². The Balaban J connectivity index is 1.45. The van der Waals surface area contributed by atoms with Gasteiger partial charge in [0.15, 0.2) is 0 Å². The third-order valence-corrected chi connectivity index (χ3v) is 7.04. The highest BCUT2D eigenvalue weighted by Crippen LogP contribution is 2.45. The number of carbonyl (C=O) groups excluding carboxylic acids is 1. The molecule has 0 bridgehead atoms. The van der Waals surface area contributed by atoms with E-state index in [0.29, 0.717) is 36.4 Å². The Morgan fingerprint density at radius 1 is 1.11 bits per heavy atom. The van der Waals surface area contributed by atoms with Gasteiger partial charge in [-0.1, -0.05) is 35.4 Å². The zero-order valence-electron chi connectivity index (χ0n) is 21.8. The molecule has 5 nitrogen and oxygen atoms in total.